The van der Waals surface area contributed by atoms with Crippen molar-refractivity contribution in [3.8, 4) is 0 Å². The quantitative estimate of drug-likeness (QED) is 0.0251. The lowest BCUT2D eigenvalue weighted by Crippen LogP contribution is -2.39. The van der Waals surface area contributed by atoms with Crippen LogP contribution in [0.4, 0.5) is 0 Å². The van der Waals surface area contributed by atoms with E-state index in [9.17, 15) is 52.8 Å². The summed E-state index contributed by atoms with van der Waals surface area (Å²) < 4.78 is 59.3. The second-order valence-electron chi connectivity index (χ2n) is 25.6. The zero-order valence-corrected chi connectivity index (χ0v) is 58.9. The molecule has 0 bridgehead atoms. The van der Waals surface area contributed by atoms with Gasteiger partial charge in [0, 0.05) is 94.6 Å². The molecule has 4 rings (SSSR count). The molecular weight excluding hydrogens is 1240 g/mol. The average Bonchev–Trinajstić information content (AvgIpc) is 1.90. The third kappa shape index (κ3) is 35.1. The molecule has 4 saturated heterocycles. The number of aliphatic hydroxyl groups excluding tert-OH is 1. The molecule has 22 nitrogen and oxygen atoms in total. The molecule has 0 aromatic carbocycles. The second kappa shape index (κ2) is 44.1. The number of hydrogen-bond acceptors (Lipinski definition) is 19. The van der Waals surface area contributed by atoms with E-state index in [0.29, 0.717) is 94.1 Å². The lowest BCUT2D eigenvalue weighted by Gasteiger charge is -2.26. The summed E-state index contributed by atoms with van der Waals surface area (Å²) in [7, 11) is -5.69. The van der Waals surface area contributed by atoms with Crippen molar-refractivity contribution in [2.45, 2.75) is 267 Å². The number of phosphoric ester groups is 2. The third-order valence-electron chi connectivity index (χ3n) is 15.2. The minimum atomic E-state index is -4.58. The van der Waals surface area contributed by atoms with Gasteiger partial charge in [0.05, 0.1) is 81.1 Å². The molecule has 2 unspecified atom stereocenters. The molecule has 27 heteroatoms. The van der Waals surface area contributed by atoms with Crippen LogP contribution in [0.15, 0.2) is 0 Å². The molecule has 89 heavy (non-hydrogen) atoms. The van der Waals surface area contributed by atoms with E-state index in [-0.39, 0.29) is 145 Å². The van der Waals surface area contributed by atoms with Crippen LogP contribution in [0.2, 0.25) is 0 Å². The van der Waals surface area contributed by atoms with Crippen LogP contribution in [0.25, 0.3) is 0 Å². The molecule has 0 aromatic heterocycles. The van der Waals surface area contributed by atoms with Crippen LogP contribution in [0.5, 0.6) is 0 Å². The van der Waals surface area contributed by atoms with Gasteiger partial charge in [0.25, 0.3) is 0 Å². The highest BCUT2D eigenvalue weighted by molar-refractivity contribution is 8.76. The van der Waals surface area contributed by atoms with Crippen molar-refractivity contribution in [3.05, 3.63) is 0 Å². The summed E-state index contributed by atoms with van der Waals surface area (Å²) >= 11 is 1.83. The Morgan fingerprint density at radius 2 is 1.00 bits per heavy atom. The van der Waals surface area contributed by atoms with Gasteiger partial charge in [-0.2, -0.15) is 11.8 Å². The molecule has 4 N–H and O–H groups in total. The Bertz CT molecular complexity index is 2190. The minimum Gasteiger partial charge on any atom is -0.391 e. The summed E-state index contributed by atoms with van der Waals surface area (Å²) in [6, 6.07) is -1.08. The van der Waals surface area contributed by atoms with Gasteiger partial charge < -0.3 is 49.3 Å². The number of amides is 4. The maximum atomic E-state index is 13.2. The van der Waals surface area contributed by atoms with Gasteiger partial charge in [-0.25, -0.2) is 9.13 Å². The van der Waals surface area contributed by atoms with Gasteiger partial charge in [0.1, 0.15) is 11.6 Å². The number of carbonyl (C=O) groups excluding carboxylic acids is 6. The van der Waals surface area contributed by atoms with Gasteiger partial charge in [0.2, 0.25) is 23.6 Å². The Labute approximate surface area is 547 Å². The van der Waals surface area contributed by atoms with Gasteiger partial charge in [-0.05, 0) is 108 Å². The number of β-amino-alcohol motifs (C(OH)–C–C–N with tert-alkyl or cyclic N) is 1. The zero-order valence-electron chi connectivity index (χ0n) is 54.6. The average molecular weight is 1360 g/mol. The van der Waals surface area contributed by atoms with Crippen molar-refractivity contribution < 1.29 is 80.4 Å². The van der Waals surface area contributed by atoms with E-state index in [1.165, 1.54) is 4.90 Å². The molecule has 0 aromatic rings. The molecule has 4 aliphatic rings. The fraction of sp³-hybridized carbons (Fsp3) is 0.903. The number of Topliss-reactive ketones (excluding diaryl/α,β-unsaturated/α-hetero) is 2. The lowest BCUT2D eigenvalue weighted by molar-refractivity contribution is -0.135. The van der Waals surface area contributed by atoms with Crippen LogP contribution < -0.4 is 5.32 Å². The normalized spacial score (nSPS) is 23.3. The molecule has 0 spiro atoms. The summed E-state index contributed by atoms with van der Waals surface area (Å²) in [4.78, 5) is 104. The number of rotatable bonds is 41. The Morgan fingerprint density at radius 1 is 0.539 bits per heavy atom. The van der Waals surface area contributed by atoms with Gasteiger partial charge >= 0.3 is 15.6 Å². The number of aliphatic hydroxyl groups is 1. The number of hydrogen-bond donors (Lipinski definition) is 4. The Balaban J connectivity index is 0.000000897. The maximum absolute atomic E-state index is 13.2. The predicted octanol–water partition coefficient (Wildman–Crippen LogP) is 10.8. The fourth-order valence-corrected chi connectivity index (χ4v) is 15.4. The molecule has 4 aliphatic heterocycles. The van der Waals surface area contributed by atoms with Crippen LogP contribution in [0.1, 0.15) is 201 Å². The first-order valence-electron chi connectivity index (χ1n) is 31.9. The minimum absolute atomic E-state index is 0. The number of carbonyl (C=O) groups is 6. The van der Waals surface area contributed by atoms with E-state index in [1.54, 1.807) is 36.3 Å². The number of ether oxygens (including phenoxy) is 2. The maximum Gasteiger partial charge on any atom is 0.472 e. The number of ketones is 2. The van der Waals surface area contributed by atoms with E-state index < -0.39 is 40.0 Å². The third-order valence-corrected chi connectivity index (χ3v) is 21.0. The Hall–Kier alpha value is -1.67. The molecule has 10 atom stereocenters. The number of nitrogens with one attached hydrogen (secondary N) is 1. The second-order valence-corrected chi connectivity index (χ2v) is 32.8. The number of phosphoric acid groups is 2. The Kier molecular flexibility index (Phi) is 42.3. The van der Waals surface area contributed by atoms with Crippen LogP contribution in [0.3, 0.4) is 0 Å². The van der Waals surface area contributed by atoms with Crippen LogP contribution >= 0.6 is 49.0 Å². The van der Waals surface area contributed by atoms with Crippen LogP contribution in [-0.2, 0) is 65.5 Å². The topological polar surface area (TPSA) is 278 Å². The van der Waals surface area contributed by atoms with E-state index >= 15 is 0 Å². The van der Waals surface area contributed by atoms with Gasteiger partial charge in [-0.1, -0.05) is 98.8 Å². The highest BCUT2D eigenvalue weighted by Gasteiger charge is 2.43. The first kappa shape index (κ1) is 85.3. The molecule has 4 fully saturated rings. The van der Waals surface area contributed by atoms with E-state index in [1.807, 2.05) is 67.2 Å². The first-order valence-corrected chi connectivity index (χ1v) is 38.4. The Morgan fingerprint density at radius 3 is 1.49 bits per heavy atom. The van der Waals surface area contributed by atoms with Crippen molar-refractivity contribution in [2.75, 3.05) is 76.4 Å². The summed E-state index contributed by atoms with van der Waals surface area (Å²) in [6.45, 7) is 28.1. The summed E-state index contributed by atoms with van der Waals surface area (Å²) in [6.07, 6.45) is 4.55. The molecule has 0 radical (unpaired) electrons. The lowest BCUT2D eigenvalue weighted by atomic mass is 10.1. The molecule has 0 saturated carbocycles. The van der Waals surface area contributed by atoms with Crippen LogP contribution in [-0.4, -0.2) is 212 Å². The predicted molar refractivity (Wildman–Crippen MR) is 359 cm³/mol. The van der Waals surface area contributed by atoms with E-state index in [2.05, 4.69) is 39.9 Å². The standard InChI is InChI=1S/C33H60N3O10PS2.C27H51N2O7PS.2CH4/c1-23(2)31(39)13-16-49-48-15-8-10-32(40)36-20-30(18-27(36)21-44-25(5)6)46-47(42,43)45-22-26-17-29(38)19-35(26)33(41)12-11-28(37)9-7-14-34-24(3)4;1-19(2)10-11-27(31)28-15-22(7)13-23(28)18-35-37(32,33)36-25-14-24(17-34-20(3)4)29(16-25)26(30)9-8-12-38-21(5)6;;/h23-27,29-30,34,38H,7-22H2,1-6H3,(H,42,43);19-25H,8-18H2,1-7H3,(H,32,33);2*1H4/t26-,27-,29+,30+;22-,23+,24+,25-;;/m01../s1. The molecule has 4 amide bonds. The van der Waals surface area contributed by atoms with Crippen molar-refractivity contribution in [1.82, 2.24) is 24.9 Å². The molecular formula is C62H119N5O17P2S3. The summed E-state index contributed by atoms with van der Waals surface area (Å²) in [5, 5.41) is 14.0. The fourth-order valence-electron chi connectivity index (χ4n) is 10.6. The van der Waals surface area contributed by atoms with Crippen molar-refractivity contribution in [3.63, 3.8) is 0 Å². The van der Waals surface area contributed by atoms with Gasteiger partial charge in [-0.3, -0.25) is 46.9 Å². The SMILES string of the molecule is C.C.CC(C)CCC(=O)N1C[C@H](C)C[C@H]1COP(=O)(O)O[C@@H]1C[C@@H](COC(C)C)N(C(=O)CCCSC(C)C)C1.CC(C)NCCCC(=O)CCC(=O)N1C[C@H](O)C[C@H]1COP(=O)(O)O[C@@H]1C[C@@H](COC(C)C)N(C(=O)CCCSSCCC(=O)C(C)C)C1. The smallest absolute Gasteiger partial charge is 0.391 e. The summed E-state index contributed by atoms with van der Waals surface area (Å²) in [5.41, 5.74) is 0. The van der Waals surface area contributed by atoms with Gasteiger partial charge in [0.15, 0.2) is 0 Å². The number of likely N-dealkylation sites (tertiary alicyclic amines) is 4. The largest absolute Gasteiger partial charge is 0.472 e. The highest BCUT2D eigenvalue weighted by atomic mass is 33.1. The van der Waals surface area contributed by atoms with Crippen molar-refractivity contribution >= 4 is 84.2 Å². The first-order chi connectivity index (χ1) is 40.8. The highest BCUT2D eigenvalue weighted by Crippen LogP contribution is 2.49. The molecule has 4 heterocycles. The monoisotopic (exact) mass is 1360 g/mol. The molecule has 0 aliphatic carbocycles. The molecule has 522 valence electrons. The van der Waals surface area contributed by atoms with Crippen molar-refractivity contribution in [2.24, 2.45) is 17.8 Å². The summed E-state index contributed by atoms with van der Waals surface area (Å²) in [5.74, 6) is 3.12. The zero-order chi connectivity index (χ0) is 65.0. The van der Waals surface area contributed by atoms with E-state index in [4.69, 9.17) is 27.6 Å². The van der Waals surface area contributed by atoms with Crippen LogP contribution in [0, 0.1) is 17.8 Å². The van der Waals surface area contributed by atoms with Gasteiger partial charge in [-0.15, -0.1) is 0 Å². The number of thioether (sulfide) groups is 1. The van der Waals surface area contributed by atoms with Crippen molar-refractivity contribution in [1.29, 1.82) is 0 Å². The van der Waals surface area contributed by atoms with E-state index in [0.717, 1.165) is 43.1 Å². The number of nitrogens with zero attached hydrogens (tertiary/aromatic N) is 4.